The van der Waals surface area contributed by atoms with Crippen molar-refractivity contribution in [3.8, 4) is 0 Å². The van der Waals surface area contributed by atoms with Gasteiger partial charge in [0.1, 0.15) is 0 Å². The van der Waals surface area contributed by atoms with Crippen molar-refractivity contribution in [1.29, 1.82) is 0 Å². The second-order valence-electron chi connectivity index (χ2n) is 6.11. The molecule has 108 valence electrons. The van der Waals surface area contributed by atoms with Gasteiger partial charge in [0.2, 0.25) is 0 Å². The molecule has 0 amide bonds. The number of aliphatic carboxylic acids is 1. The van der Waals surface area contributed by atoms with Gasteiger partial charge in [-0.3, -0.25) is 4.79 Å². The molecule has 1 N–H and O–H groups in total. The second-order valence-corrected chi connectivity index (χ2v) is 6.11. The number of likely N-dealkylation sites (tertiary alicyclic amines) is 2. The van der Waals surface area contributed by atoms with E-state index >= 15 is 0 Å². The van der Waals surface area contributed by atoms with Crippen molar-refractivity contribution in [3.63, 3.8) is 0 Å². The predicted octanol–water partition coefficient (Wildman–Crippen LogP) is 1.68. The van der Waals surface area contributed by atoms with Crippen molar-refractivity contribution in [2.75, 3.05) is 39.8 Å². The first-order valence-electron chi connectivity index (χ1n) is 7.38. The Morgan fingerprint density at radius 1 is 1.37 bits per heavy atom. The Labute approximate surface area is 116 Å². The lowest BCUT2D eigenvalue weighted by Gasteiger charge is -2.24. The molecule has 0 aromatic heterocycles. The van der Waals surface area contributed by atoms with Crippen LogP contribution in [-0.2, 0) is 4.79 Å². The van der Waals surface area contributed by atoms with Crippen LogP contribution in [0.1, 0.15) is 26.2 Å². The van der Waals surface area contributed by atoms with Gasteiger partial charge < -0.3 is 14.9 Å². The zero-order valence-corrected chi connectivity index (χ0v) is 12.1. The van der Waals surface area contributed by atoms with E-state index in [1.807, 2.05) is 7.05 Å². The third kappa shape index (κ3) is 3.00. The normalized spacial score (nSPS) is 32.2. The lowest BCUT2D eigenvalue weighted by atomic mass is 9.81. The van der Waals surface area contributed by atoms with Crippen LogP contribution in [-0.4, -0.2) is 60.6 Å². The van der Waals surface area contributed by atoms with E-state index in [0.717, 1.165) is 45.4 Å². The van der Waals surface area contributed by atoms with Gasteiger partial charge in [-0.05, 0) is 32.9 Å². The fraction of sp³-hybridized carbons (Fsp3) is 0.800. The Kier molecular flexibility index (Phi) is 4.63. The van der Waals surface area contributed by atoms with Gasteiger partial charge in [-0.15, -0.1) is 0 Å². The highest BCUT2D eigenvalue weighted by molar-refractivity contribution is 5.77. The summed E-state index contributed by atoms with van der Waals surface area (Å²) in [5, 5.41) is 9.59. The summed E-state index contributed by atoms with van der Waals surface area (Å²) < 4.78 is 0. The van der Waals surface area contributed by atoms with Crippen molar-refractivity contribution >= 4 is 5.97 Å². The Hall–Kier alpha value is -0.870. The zero-order chi connectivity index (χ0) is 13.9. The number of carboxylic acids is 1. The van der Waals surface area contributed by atoms with E-state index in [0.29, 0.717) is 12.5 Å². The van der Waals surface area contributed by atoms with Gasteiger partial charge in [0, 0.05) is 32.1 Å². The van der Waals surface area contributed by atoms with Gasteiger partial charge in [0.05, 0.1) is 5.41 Å². The first-order valence-corrected chi connectivity index (χ1v) is 7.38. The van der Waals surface area contributed by atoms with Crippen molar-refractivity contribution < 1.29 is 9.90 Å². The minimum absolute atomic E-state index is 0.307. The molecule has 2 saturated heterocycles. The van der Waals surface area contributed by atoms with E-state index < -0.39 is 11.4 Å². The van der Waals surface area contributed by atoms with Gasteiger partial charge >= 0.3 is 5.97 Å². The van der Waals surface area contributed by atoms with Gasteiger partial charge in [-0.2, -0.15) is 0 Å². The molecule has 19 heavy (non-hydrogen) atoms. The summed E-state index contributed by atoms with van der Waals surface area (Å²) in [5.41, 5.74) is -0.506. The highest BCUT2D eigenvalue weighted by Gasteiger charge is 2.56. The van der Waals surface area contributed by atoms with E-state index in [1.165, 1.54) is 0 Å². The number of carboxylic acid groups (broad SMARTS) is 1. The largest absolute Gasteiger partial charge is 0.481 e. The molecule has 2 rings (SSSR count). The fourth-order valence-corrected chi connectivity index (χ4v) is 3.61. The molecule has 0 bridgehead atoms. The van der Waals surface area contributed by atoms with Gasteiger partial charge in [0.15, 0.2) is 0 Å². The molecule has 2 fully saturated rings. The molecule has 0 saturated carbocycles. The van der Waals surface area contributed by atoms with Gasteiger partial charge in [-0.1, -0.05) is 19.1 Å². The molecular weight excluding hydrogens is 240 g/mol. The zero-order valence-electron chi connectivity index (χ0n) is 12.1. The summed E-state index contributed by atoms with van der Waals surface area (Å²) in [5.74, 6) is -0.295. The molecular formula is C15H26N2O2. The summed E-state index contributed by atoms with van der Waals surface area (Å²) >= 11 is 0. The van der Waals surface area contributed by atoms with E-state index in [4.69, 9.17) is 0 Å². The number of allylic oxidation sites excluding steroid dienone is 2. The molecule has 2 aliphatic rings. The predicted molar refractivity (Wildman–Crippen MR) is 76.2 cm³/mol. The maximum Gasteiger partial charge on any atom is 0.312 e. The van der Waals surface area contributed by atoms with E-state index in [2.05, 4.69) is 28.9 Å². The van der Waals surface area contributed by atoms with Gasteiger partial charge in [-0.25, -0.2) is 0 Å². The SMILES string of the molecule is CC/C=C\CCCN1C[C@H]2CN(C)C[C@@]2(C(=O)O)C1. The van der Waals surface area contributed by atoms with E-state index in [-0.39, 0.29) is 0 Å². The molecule has 0 radical (unpaired) electrons. The molecule has 0 aromatic carbocycles. The Morgan fingerprint density at radius 2 is 2.16 bits per heavy atom. The average Bonchev–Trinajstić information content (AvgIpc) is 2.82. The Balaban J connectivity index is 1.85. The van der Waals surface area contributed by atoms with Crippen LogP contribution in [0.5, 0.6) is 0 Å². The molecule has 2 aliphatic heterocycles. The molecule has 4 nitrogen and oxygen atoms in total. The Morgan fingerprint density at radius 3 is 2.79 bits per heavy atom. The van der Waals surface area contributed by atoms with Gasteiger partial charge in [0.25, 0.3) is 0 Å². The van der Waals surface area contributed by atoms with Crippen LogP contribution >= 0.6 is 0 Å². The van der Waals surface area contributed by atoms with Crippen molar-refractivity contribution in [2.45, 2.75) is 26.2 Å². The molecule has 2 atom stereocenters. The van der Waals surface area contributed by atoms with Crippen LogP contribution in [0, 0.1) is 11.3 Å². The highest BCUT2D eigenvalue weighted by atomic mass is 16.4. The summed E-state index contributed by atoms with van der Waals surface area (Å²) in [4.78, 5) is 16.2. The topological polar surface area (TPSA) is 43.8 Å². The van der Waals surface area contributed by atoms with E-state index in [9.17, 15) is 9.90 Å². The summed E-state index contributed by atoms with van der Waals surface area (Å²) in [6, 6.07) is 0. The van der Waals surface area contributed by atoms with Crippen LogP contribution < -0.4 is 0 Å². The monoisotopic (exact) mass is 266 g/mol. The van der Waals surface area contributed by atoms with Crippen molar-refractivity contribution in [2.24, 2.45) is 11.3 Å². The molecule has 2 heterocycles. The number of nitrogens with zero attached hydrogens (tertiary/aromatic N) is 2. The average molecular weight is 266 g/mol. The quantitative estimate of drug-likeness (QED) is 0.587. The first-order chi connectivity index (χ1) is 9.08. The number of rotatable bonds is 6. The number of fused-ring (bicyclic) bond motifs is 1. The fourth-order valence-electron chi connectivity index (χ4n) is 3.61. The minimum atomic E-state index is -0.602. The number of hydrogen-bond acceptors (Lipinski definition) is 3. The maximum absolute atomic E-state index is 11.6. The molecule has 0 aliphatic carbocycles. The van der Waals surface area contributed by atoms with Crippen LogP contribution in [0.2, 0.25) is 0 Å². The third-order valence-electron chi connectivity index (χ3n) is 4.52. The minimum Gasteiger partial charge on any atom is -0.481 e. The molecule has 0 unspecified atom stereocenters. The molecule has 0 aromatic rings. The van der Waals surface area contributed by atoms with Crippen LogP contribution in [0.25, 0.3) is 0 Å². The summed E-state index contributed by atoms with van der Waals surface area (Å²) in [6.45, 7) is 6.50. The lowest BCUT2D eigenvalue weighted by Crippen LogP contribution is -2.40. The third-order valence-corrected chi connectivity index (χ3v) is 4.52. The standard InChI is InChI=1S/C15H26N2O2/c1-3-4-5-6-7-8-17-10-13-9-16(2)11-15(13,12-17)14(18)19/h4-5,13H,3,6-12H2,1-2H3,(H,18,19)/b5-4-/t13-,15-/m1/s1. The number of carbonyl (C=O) groups is 1. The molecule has 0 spiro atoms. The summed E-state index contributed by atoms with van der Waals surface area (Å²) in [7, 11) is 2.03. The summed E-state index contributed by atoms with van der Waals surface area (Å²) in [6.07, 6.45) is 7.77. The highest BCUT2D eigenvalue weighted by Crippen LogP contribution is 2.42. The Bertz CT molecular complexity index is 356. The van der Waals surface area contributed by atoms with Crippen molar-refractivity contribution in [3.05, 3.63) is 12.2 Å². The maximum atomic E-state index is 11.6. The smallest absolute Gasteiger partial charge is 0.312 e. The second kappa shape index (κ2) is 6.06. The van der Waals surface area contributed by atoms with Crippen molar-refractivity contribution in [1.82, 2.24) is 9.80 Å². The molecule has 4 heteroatoms. The van der Waals surface area contributed by atoms with Crippen LogP contribution in [0.3, 0.4) is 0 Å². The van der Waals surface area contributed by atoms with Crippen LogP contribution in [0.15, 0.2) is 12.2 Å². The first kappa shape index (κ1) is 14.5. The number of unbranched alkanes of at least 4 members (excludes halogenated alkanes) is 1. The van der Waals surface area contributed by atoms with Crippen LogP contribution in [0.4, 0.5) is 0 Å². The lowest BCUT2D eigenvalue weighted by molar-refractivity contribution is -0.148. The number of hydrogen-bond donors (Lipinski definition) is 1. The van der Waals surface area contributed by atoms with E-state index in [1.54, 1.807) is 0 Å².